The summed E-state index contributed by atoms with van der Waals surface area (Å²) >= 11 is 0. The summed E-state index contributed by atoms with van der Waals surface area (Å²) in [4.78, 5) is 13.6. The number of amides is 1. The highest BCUT2D eigenvalue weighted by Crippen LogP contribution is 2.23. The molecule has 0 saturated heterocycles. The van der Waals surface area contributed by atoms with Gasteiger partial charge in [0.25, 0.3) is 0 Å². The number of hydrogen-bond donors (Lipinski definition) is 2. The van der Waals surface area contributed by atoms with Gasteiger partial charge >= 0.3 is 0 Å². The van der Waals surface area contributed by atoms with Crippen molar-refractivity contribution < 1.29 is 4.79 Å². The minimum Gasteiger partial charge on any atom is -0.329 e. The van der Waals surface area contributed by atoms with Crippen LogP contribution in [0.4, 0.5) is 5.69 Å². The fourth-order valence-corrected chi connectivity index (χ4v) is 2.30. The first-order valence-corrected chi connectivity index (χ1v) is 6.92. The molecule has 1 atom stereocenters. The van der Waals surface area contributed by atoms with Gasteiger partial charge in [-0.2, -0.15) is 0 Å². The van der Waals surface area contributed by atoms with E-state index in [-0.39, 0.29) is 5.91 Å². The highest BCUT2D eigenvalue weighted by molar-refractivity contribution is 5.93. The normalized spacial score (nSPS) is 16.1. The van der Waals surface area contributed by atoms with E-state index in [1.807, 2.05) is 6.07 Å². The molecular formula is C15H23N3O. The zero-order valence-electron chi connectivity index (χ0n) is 11.8. The van der Waals surface area contributed by atoms with Crippen LogP contribution >= 0.6 is 0 Å². The number of anilines is 1. The second-order valence-electron chi connectivity index (χ2n) is 5.36. The van der Waals surface area contributed by atoms with Crippen molar-refractivity contribution in [3.05, 3.63) is 29.3 Å². The minimum absolute atomic E-state index is 0.122. The van der Waals surface area contributed by atoms with Gasteiger partial charge in [0.1, 0.15) is 0 Å². The average molecular weight is 261 g/mol. The number of likely N-dealkylation sites (N-methyl/N-ethyl adjacent to an activating group) is 1. The van der Waals surface area contributed by atoms with Crippen LogP contribution in [-0.2, 0) is 17.6 Å². The van der Waals surface area contributed by atoms with Crippen LogP contribution in [0.3, 0.4) is 0 Å². The third-order valence-electron chi connectivity index (χ3n) is 3.91. The predicted octanol–water partition coefficient (Wildman–Crippen LogP) is 1.39. The van der Waals surface area contributed by atoms with Gasteiger partial charge in [0, 0.05) is 31.2 Å². The van der Waals surface area contributed by atoms with Crippen LogP contribution in [0.15, 0.2) is 18.2 Å². The molecule has 1 aliphatic heterocycles. The predicted molar refractivity (Wildman–Crippen MR) is 78.2 cm³/mol. The SMILES string of the molecule is CC(CN)N(C)CCc1ccc2c(c1)CCC(=O)N2. The van der Waals surface area contributed by atoms with Crippen molar-refractivity contribution in [2.75, 3.05) is 25.5 Å². The smallest absolute Gasteiger partial charge is 0.224 e. The maximum absolute atomic E-state index is 11.3. The molecule has 1 aromatic carbocycles. The summed E-state index contributed by atoms with van der Waals surface area (Å²) in [6, 6.07) is 6.76. The maximum Gasteiger partial charge on any atom is 0.224 e. The first-order chi connectivity index (χ1) is 9.10. The number of nitrogens with two attached hydrogens (primary N) is 1. The van der Waals surface area contributed by atoms with Crippen molar-refractivity contribution >= 4 is 11.6 Å². The monoisotopic (exact) mass is 261 g/mol. The standard InChI is InChI=1S/C15H23N3O/c1-11(10-16)18(2)8-7-12-3-5-14-13(9-12)4-6-15(19)17-14/h3,5,9,11H,4,6-8,10,16H2,1-2H3,(H,17,19). The molecular weight excluding hydrogens is 238 g/mol. The molecule has 4 nitrogen and oxygen atoms in total. The zero-order chi connectivity index (χ0) is 13.8. The molecule has 1 unspecified atom stereocenters. The molecule has 104 valence electrons. The van der Waals surface area contributed by atoms with Crippen LogP contribution in [0.2, 0.25) is 0 Å². The van der Waals surface area contributed by atoms with Gasteiger partial charge in [0.2, 0.25) is 5.91 Å². The molecule has 1 amide bonds. The van der Waals surface area contributed by atoms with Crippen LogP contribution in [-0.4, -0.2) is 37.0 Å². The van der Waals surface area contributed by atoms with Crippen LogP contribution in [0.5, 0.6) is 0 Å². The Kier molecular flexibility index (Phi) is 4.56. The fourth-order valence-electron chi connectivity index (χ4n) is 2.30. The number of nitrogens with zero attached hydrogens (tertiary/aromatic N) is 1. The van der Waals surface area contributed by atoms with E-state index in [4.69, 9.17) is 5.73 Å². The third kappa shape index (κ3) is 3.55. The molecule has 19 heavy (non-hydrogen) atoms. The Hall–Kier alpha value is -1.39. The second kappa shape index (κ2) is 6.17. The number of aryl methyl sites for hydroxylation is 1. The van der Waals surface area contributed by atoms with E-state index in [1.54, 1.807) is 0 Å². The summed E-state index contributed by atoms with van der Waals surface area (Å²) in [6.45, 7) is 3.83. The second-order valence-corrected chi connectivity index (χ2v) is 5.36. The maximum atomic E-state index is 11.3. The van der Waals surface area contributed by atoms with Gasteiger partial charge < -0.3 is 16.0 Å². The molecule has 0 saturated carbocycles. The van der Waals surface area contributed by atoms with Gasteiger partial charge in [0.05, 0.1) is 0 Å². The Morgan fingerprint density at radius 3 is 2.95 bits per heavy atom. The highest BCUT2D eigenvalue weighted by atomic mass is 16.1. The Morgan fingerprint density at radius 1 is 1.42 bits per heavy atom. The Morgan fingerprint density at radius 2 is 2.21 bits per heavy atom. The van der Waals surface area contributed by atoms with E-state index >= 15 is 0 Å². The molecule has 0 aromatic heterocycles. The number of carbonyl (C=O) groups is 1. The lowest BCUT2D eigenvalue weighted by Gasteiger charge is -2.23. The van der Waals surface area contributed by atoms with Gasteiger partial charge in [-0.05, 0) is 44.0 Å². The quantitative estimate of drug-likeness (QED) is 0.842. The van der Waals surface area contributed by atoms with E-state index in [9.17, 15) is 4.79 Å². The van der Waals surface area contributed by atoms with E-state index < -0.39 is 0 Å². The molecule has 1 heterocycles. The minimum atomic E-state index is 0.122. The Labute approximate surface area is 115 Å². The largest absolute Gasteiger partial charge is 0.329 e. The number of nitrogens with one attached hydrogen (secondary N) is 1. The molecule has 4 heteroatoms. The Balaban J connectivity index is 1.97. The summed E-state index contributed by atoms with van der Waals surface area (Å²) in [5.74, 6) is 0.122. The lowest BCUT2D eigenvalue weighted by molar-refractivity contribution is -0.116. The molecule has 1 aliphatic rings. The first-order valence-electron chi connectivity index (χ1n) is 6.92. The van der Waals surface area contributed by atoms with Crippen molar-refractivity contribution in [1.29, 1.82) is 0 Å². The number of carbonyl (C=O) groups excluding carboxylic acids is 1. The average Bonchev–Trinajstić information content (AvgIpc) is 2.43. The lowest BCUT2D eigenvalue weighted by Crippen LogP contribution is -2.36. The number of fused-ring (bicyclic) bond motifs is 1. The molecule has 0 aliphatic carbocycles. The molecule has 1 aromatic rings. The summed E-state index contributed by atoms with van der Waals surface area (Å²) in [6.07, 6.45) is 2.46. The molecule has 3 N–H and O–H groups in total. The van der Waals surface area contributed by atoms with Crippen molar-refractivity contribution in [3.63, 3.8) is 0 Å². The Bertz CT molecular complexity index is 459. The topological polar surface area (TPSA) is 58.4 Å². The summed E-state index contributed by atoms with van der Waals surface area (Å²) in [5.41, 5.74) is 9.22. The summed E-state index contributed by atoms with van der Waals surface area (Å²) in [5, 5.41) is 2.91. The molecule has 0 fully saturated rings. The number of hydrogen-bond acceptors (Lipinski definition) is 3. The van der Waals surface area contributed by atoms with Gasteiger partial charge in [-0.25, -0.2) is 0 Å². The van der Waals surface area contributed by atoms with E-state index in [0.29, 0.717) is 19.0 Å². The first kappa shape index (κ1) is 14.0. The van der Waals surface area contributed by atoms with Gasteiger partial charge in [-0.1, -0.05) is 12.1 Å². The third-order valence-corrected chi connectivity index (χ3v) is 3.91. The number of benzene rings is 1. The van der Waals surface area contributed by atoms with Crippen molar-refractivity contribution in [2.24, 2.45) is 5.73 Å². The van der Waals surface area contributed by atoms with Crippen molar-refractivity contribution in [2.45, 2.75) is 32.2 Å². The van der Waals surface area contributed by atoms with Crippen LogP contribution in [0.25, 0.3) is 0 Å². The highest BCUT2D eigenvalue weighted by Gasteiger charge is 2.15. The molecule has 0 radical (unpaired) electrons. The molecule has 2 rings (SSSR count). The van der Waals surface area contributed by atoms with Crippen molar-refractivity contribution in [1.82, 2.24) is 4.90 Å². The van der Waals surface area contributed by atoms with E-state index in [0.717, 1.165) is 25.1 Å². The van der Waals surface area contributed by atoms with Crippen LogP contribution < -0.4 is 11.1 Å². The van der Waals surface area contributed by atoms with Crippen LogP contribution in [0, 0.1) is 0 Å². The van der Waals surface area contributed by atoms with Crippen molar-refractivity contribution in [3.8, 4) is 0 Å². The van der Waals surface area contributed by atoms with Gasteiger partial charge in [-0.15, -0.1) is 0 Å². The summed E-state index contributed by atoms with van der Waals surface area (Å²) in [7, 11) is 2.11. The van der Waals surface area contributed by atoms with Gasteiger partial charge in [0.15, 0.2) is 0 Å². The lowest BCUT2D eigenvalue weighted by atomic mass is 9.99. The fraction of sp³-hybridized carbons (Fsp3) is 0.533. The van der Waals surface area contributed by atoms with Gasteiger partial charge in [-0.3, -0.25) is 4.79 Å². The van der Waals surface area contributed by atoms with Crippen LogP contribution in [0.1, 0.15) is 24.5 Å². The van der Waals surface area contributed by atoms with E-state index in [1.165, 1.54) is 11.1 Å². The number of rotatable bonds is 5. The molecule has 0 bridgehead atoms. The zero-order valence-corrected chi connectivity index (χ0v) is 11.8. The summed E-state index contributed by atoms with van der Waals surface area (Å²) < 4.78 is 0. The molecule has 0 spiro atoms. The van der Waals surface area contributed by atoms with E-state index in [2.05, 4.69) is 36.3 Å².